The minimum absolute atomic E-state index is 0.309. The van der Waals surface area contributed by atoms with Gasteiger partial charge in [0, 0.05) is 11.8 Å². The number of pyridine rings is 1. The first-order valence-electron chi connectivity index (χ1n) is 5.09. The Kier molecular flexibility index (Phi) is 4.08. The van der Waals surface area contributed by atoms with Gasteiger partial charge in [0.2, 0.25) is 0 Å². The fourth-order valence-corrected chi connectivity index (χ4v) is 2.18. The van der Waals surface area contributed by atoms with Crippen molar-refractivity contribution in [3.8, 4) is 17.3 Å². The molecule has 0 N–H and O–H groups in total. The van der Waals surface area contributed by atoms with Crippen LogP contribution in [0.1, 0.15) is 5.56 Å². The molecular formula is C13H7Cl3N2. The quantitative estimate of drug-likeness (QED) is 0.748. The predicted molar refractivity (Wildman–Crippen MR) is 74.0 cm³/mol. The van der Waals surface area contributed by atoms with Crippen molar-refractivity contribution in [3.05, 3.63) is 51.1 Å². The molecule has 0 unspecified atom stereocenters. The molecule has 2 rings (SSSR count). The second-order valence-corrected chi connectivity index (χ2v) is 4.77. The topological polar surface area (TPSA) is 36.7 Å². The van der Waals surface area contributed by atoms with E-state index in [1.165, 1.54) is 0 Å². The second-order valence-electron chi connectivity index (χ2n) is 3.61. The molecule has 0 aliphatic heterocycles. The van der Waals surface area contributed by atoms with E-state index < -0.39 is 0 Å². The SMILES string of the molecule is N#CCc1ccnc(-c2ccc(Cl)c(Cl)c2Cl)c1. The Balaban J connectivity index is 2.53. The number of hydrogen-bond donors (Lipinski definition) is 0. The van der Waals surface area contributed by atoms with Crippen LogP contribution in [0.25, 0.3) is 11.3 Å². The van der Waals surface area contributed by atoms with E-state index in [-0.39, 0.29) is 0 Å². The third kappa shape index (κ3) is 2.59. The van der Waals surface area contributed by atoms with Gasteiger partial charge in [-0.05, 0) is 29.8 Å². The molecule has 90 valence electrons. The van der Waals surface area contributed by atoms with E-state index in [1.807, 2.05) is 6.07 Å². The van der Waals surface area contributed by atoms with E-state index in [2.05, 4.69) is 11.1 Å². The lowest BCUT2D eigenvalue weighted by Crippen LogP contribution is -1.89. The van der Waals surface area contributed by atoms with Crippen molar-refractivity contribution in [1.29, 1.82) is 5.26 Å². The van der Waals surface area contributed by atoms with E-state index in [4.69, 9.17) is 40.1 Å². The zero-order chi connectivity index (χ0) is 13.1. The summed E-state index contributed by atoms with van der Waals surface area (Å²) in [5.74, 6) is 0. The maximum Gasteiger partial charge on any atom is 0.0785 e. The first-order valence-corrected chi connectivity index (χ1v) is 6.22. The van der Waals surface area contributed by atoms with Crippen LogP contribution in [0.2, 0.25) is 15.1 Å². The highest BCUT2D eigenvalue weighted by Crippen LogP contribution is 2.37. The number of rotatable bonds is 2. The van der Waals surface area contributed by atoms with Crippen molar-refractivity contribution in [2.24, 2.45) is 0 Å². The van der Waals surface area contributed by atoms with Crippen LogP contribution in [0.4, 0.5) is 0 Å². The highest BCUT2D eigenvalue weighted by Gasteiger charge is 2.11. The van der Waals surface area contributed by atoms with Gasteiger partial charge < -0.3 is 0 Å². The molecule has 0 atom stereocenters. The summed E-state index contributed by atoms with van der Waals surface area (Å²) in [5, 5.41) is 9.76. The molecule has 0 fully saturated rings. The fourth-order valence-electron chi connectivity index (χ4n) is 1.55. The van der Waals surface area contributed by atoms with Crippen molar-refractivity contribution in [2.75, 3.05) is 0 Å². The first-order chi connectivity index (χ1) is 8.63. The third-order valence-electron chi connectivity index (χ3n) is 2.42. The van der Waals surface area contributed by atoms with Gasteiger partial charge in [0.1, 0.15) is 0 Å². The van der Waals surface area contributed by atoms with Crippen molar-refractivity contribution < 1.29 is 0 Å². The molecule has 0 saturated carbocycles. The van der Waals surface area contributed by atoms with E-state index in [0.29, 0.717) is 32.7 Å². The van der Waals surface area contributed by atoms with Crippen LogP contribution in [-0.2, 0) is 6.42 Å². The molecule has 0 radical (unpaired) electrons. The molecule has 0 spiro atoms. The first kappa shape index (κ1) is 13.2. The fraction of sp³-hybridized carbons (Fsp3) is 0.0769. The number of hydrogen-bond acceptors (Lipinski definition) is 2. The van der Waals surface area contributed by atoms with E-state index >= 15 is 0 Å². The van der Waals surface area contributed by atoms with E-state index in [0.717, 1.165) is 5.56 Å². The highest BCUT2D eigenvalue weighted by atomic mass is 35.5. The summed E-state index contributed by atoms with van der Waals surface area (Å²) in [5.41, 5.74) is 2.25. The molecule has 0 bridgehead atoms. The summed E-state index contributed by atoms with van der Waals surface area (Å²) in [7, 11) is 0. The Morgan fingerprint density at radius 1 is 1.11 bits per heavy atom. The Morgan fingerprint density at radius 3 is 2.61 bits per heavy atom. The highest BCUT2D eigenvalue weighted by molar-refractivity contribution is 6.49. The van der Waals surface area contributed by atoms with Crippen LogP contribution < -0.4 is 0 Å². The predicted octanol–water partition coefficient (Wildman–Crippen LogP) is 4.77. The van der Waals surface area contributed by atoms with Gasteiger partial charge >= 0.3 is 0 Å². The summed E-state index contributed by atoms with van der Waals surface area (Å²) >= 11 is 18.0. The normalized spacial score (nSPS) is 10.1. The maximum absolute atomic E-state index is 8.68. The number of nitrogens with zero attached hydrogens (tertiary/aromatic N) is 2. The Hall–Kier alpha value is -1.27. The van der Waals surface area contributed by atoms with Gasteiger partial charge in [-0.15, -0.1) is 0 Å². The smallest absolute Gasteiger partial charge is 0.0785 e. The van der Waals surface area contributed by atoms with Gasteiger partial charge in [0.05, 0.1) is 33.3 Å². The van der Waals surface area contributed by atoms with Crippen LogP contribution in [0, 0.1) is 11.3 Å². The second kappa shape index (κ2) is 5.58. The molecule has 5 heteroatoms. The summed E-state index contributed by atoms with van der Waals surface area (Å²) in [6.45, 7) is 0. The van der Waals surface area contributed by atoms with Crippen LogP contribution in [0.5, 0.6) is 0 Å². The van der Waals surface area contributed by atoms with Gasteiger partial charge in [0.15, 0.2) is 0 Å². The maximum atomic E-state index is 8.68. The molecular weight excluding hydrogens is 291 g/mol. The van der Waals surface area contributed by atoms with Crippen LogP contribution in [0.3, 0.4) is 0 Å². The van der Waals surface area contributed by atoms with Gasteiger partial charge in [-0.2, -0.15) is 5.26 Å². The van der Waals surface area contributed by atoms with Crippen molar-refractivity contribution in [2.45, 2.75) is 6.42 Å². The number of halogens is 3. The zero-order valence-corrected chi connectivity index (χ0v) is 11.4. The molecule has 18 heavy (non-hydrogen) atoms. The third-order valence-corrected chi connectivity index (χ3v) is 3.71. The molecule has 1 heterocycles. The average Bonchev–Trinajstić information content (AvgIpc) is 2.37. The zero-order valence-electron chi connectivity index (χ0n) is 9.12. The molecule has 2 nitrogen and oxygen atoms in total. The summed E-state index contributed by atoms with van der Waals surface area (Å²) in [4.78, 5) is 4.23. The Bertz CT molecular complexity index is 633. The van der Waals surface area contributed by atoms with Gasteiger partial charge in [-0.3, -0.25) is 4.98 Å². The average molecular weight is 298 g/mol. The van der Waals surface area contributed by atoms with Crippen molar-refractivity contribution in [1.82, 2.24) is 4.98 Å². The van der Waals surface area contributed by atoms with Crippen molar-refractivity contribution >= 4 is 34.8 Å². The van der Waals surface area contributed by atoms with E-state index in [1.54, 1.807) is 24.4 Å². The van der Waals surface area contributed by atoms with Gasteiger partial charge in [0.25, 0.3) is 0 Å². The lowest BCUT2D eigenvalue weighted by atomic mass is 10.1. The van der Waals surface area contributed by atoms with Crippen LogP contribution in [-0.4, -0.2) is 4.98 Å². The van der Waals surface area contributed by atoms with E-state index in [9.17, 15) is 0 Å². The monoisotopic (exact) mass is 296 g/mol. The van der Waals surface area contributed by atoms with Gasteiger partial charge in [-0.1, -0.05) is 34.8 Å². The summed E-state index contributed by atoms with van der Waals surface area (Å²) in [6.07, 6.45) is 1.97. The molecule has 1 aromatic carbocycles. The lowest BCUT2D eigenvalue weighted by molar-refractivity contribution is 1.21. The molecule has 1 aromatic heterocycles. The summed E-state index contributed by atoms with van der Waals surface area (Å²) < 4.78 is 0. The van der Waals surface area contributed by atoms with Crippen LogP contribution in [0.15, 0.2) is 30.5 Å². The standard InChI is InChI=1S/C13H7Cl3N2/c14-10-2-1-9(12(15)13(10)16)11-7-8(3-5-17)4-6-18-11/h1-2,4,6-7H,3H2. The van der Waals surface area contributed by atoms with Crippen molar-refractivity contribution in [3.63, 3.8) is 0 Å². The number of aromatic nitrogens is 1. The Labute approximate surface area is 120 Å². The lowest BCUT2D eigenvalue weighted by Gasteiger charge is -2.07. The Morgan fingerprint density at radius 2 is 1.89 bits per heavy atom. The van der Waals surface area contributed by atoms with Gasteiger partial charge in [-0.25, -0.2) is 0 Å². The number of nitriles is 1. The minimum atomic E-state index is 0.309. The molecule has 0 amide bonds. The molecule has 0 saturated heterocycles. The molecule has 2 aromatic rings. The molecule has 0 aliphatic rings. The largest absolute Gasteiger partial charge is 0.256 e. The van der Waals surface area contributed by atoms with Crippen LogP contribution >= 0.6 is 34.8 Å². The minimum Gasteiger partial charge on any atom is -0.256 e. The molecule has 0 aliphatic carbocycles. The number of benzene rings is 1. The summed E-state index contributed by atoms with van der Waals surface area (Å²) in [6, 6.07) is 9.12.